The second-order valence-electron chi connectivity index (χ2n) is 8.52. The lowest BCUT2D eigenvalue weighted by atomic mass is 9.98. The molecule has 1 aliphatic heterocycles. The van der Waals surface area contributed by atoms with E-state index < -0.39 is 24.1 Å². The van der Waals surface area contributed by atoms with Gasteiger partial charge in [-0.25, -0.2) is 24.1 Å². The van der Waals surface area contributed by atoms with Crippen molar-refractivity contribution in [2.24, 2.45) is 11.7 Å². The third-order valence-electron chi connectivity index (χ3n) is 5.76. The summed E-state index contributed by atoms with van der Waals surface area (Å²) in [5.41, 5.74) is 6.79. The summed E-state index contributed by atoms with van der Waals surface area (Å²) in [5, 5.41) is 19.9. The predicted octanol–water partition coefficient (Wildman–Crippen LogP) is 3.24. The van der Waals surface area contributed by atoms with E-state index in [9.17, 15) is 24.3 Å². The number of nitrogens with zero attached hydrogens (tertiary/aromatic N) is 1. The Morgan fingerprint density at radius 2 is 1.65 bits per heavy atom. The zero-order valence-corrected chi connectivity index (χ0v) is 20.2. The first-order chi connectivity index (χ1) is 17.6. The first kappa shape index (κ1) is 27.1. The maximum absolute atomic E-state index is 12.4. The molecule has 0 spiro atoms. The molecular weight excluding hydrogens is 480 g/mol. The molecule has 0 radical (unpaired) electrons. The Morgan fingerprint density at radius 3 is 2.22 bits per heavy atom. The van der Waals surface area contributed by atoms with Gasteiger partial charge in [0, 0.05) is 17.7 Å². The quantitative estimate of drug-likeness (QED) is 0.109. The molecule has 2 aromatic carbocycles. The minimum absolute atomic E-state index is 0.00162. The van der Waals surface area contributed by atoms with Gasteiger partial charge < -0.3 is 25.6 Å². The van der Waals surface area contributed by atoms with Crippen LogP contribution in [0.25, 0.3) is 6.08 Å². The monoisotopic (exact) mass is 508 g/mol. The molecule has 0 aromatic heterocycles. The summed E-state index contributed by atoms with van der Waals surface area (Å²) in [5.74, 6) is -1.38. The number of carboxylic acid groups (broad SMARTS) is 1. The summed E-state index contributed by atoms with van der Waals surface area (Å²) in [4.78, 5) is 49.2. The zero-order valence-electron chi connectivity index (χ0n) is 20.2. The van der Waals surface area contributed by atoms with Crippen molar-refractivity contribution in [1.29, 1.82) is 5.41 Å². The Morgan fingerprint density at radius 1 is 1.05 bits per heavy atom. The third kappa shape index (κ3) is 7.74. The lowest BCUT2D eigenvalue weighted by molar-refractivity contribution is -0.133. The Balaban J connectivity index is 1.58. The number of nitrogens with one attached hydrogen (secondary N) is 2. The van der Waals surface area contributed by atoms with Crippen molar-refractivity contribution in [2.45, 2.75) is 19.8 Å². The van der Waals surface area contributed by atoms with Gasteiger partial charge in [-0.1, -0.05) is 12.1 Å². The molecule has 0 atom stereocenters. The number of esters is 2. The average Bonchev–Trinajstić information content (AvgIpc) is 2.88. The van der Waals surface area contributed by atoms with E-state index in [-0.39, 0.29) is 35.2 Å². The van der Waals surface area contributed by atoms with Gasteiger partial charge in [-0.3, -0.25) is 5.41 Å². The molecule has 0 saturated carbocycles. The number of amides is 2. The van der Waals surface area contributed by atoms with Gasteiger partial charge in [0.15, 0.2) is 0 Å². The number of nitrogens with two attached hydrogens (primary N) is 1. The van der Waals surface area contributed by atoms with Crippen LogP contribution in [0, 0.1) is 11.3 Å². The highest BCUT2D eigenvalue weighted by Crippen LogP contribution is 2.17. The smallest absolute Gasteiger partial charge is 0.427 e. The Kier molecular flexibility index (Phi) is 9.11. The molecule has 11 nitrogen and oxygen atoms in total. The number of rotatable bonds is 7. The summed E-state index contributed by atoms with van der Waals surface area (Å²) in [6.45, 7) is 2.86. The second kappa shape index (κ2) is 12.5. The largest absolute Gasteiger partial charge is 0.465 e. The van der Waals surface area contributed by atoms with Crippen LogP contribution in [0.4, 0.5) is 9.59 Å². The van der Waals surface area contributed by atoms with Crippen molar-refractivity contribution in [1.82, 2.24) is 10.2 Å². The van der Waals surface area contributed by atoms with E-state index in [2.05, 4.69) is 5.32 Å². The Hall–Kier alpha value is -4.51. The fourth-order valence-electron chi connectivity index (χ4n) is 3.66. The molecule has 194 valence electrons. The van der Waals surface area contributed by atoms with Crippen LogP contribution in [-0.4, -0.2) is 59.6 Å². The van der Waals surface area contributed by atoms with Crippen LogP contribution in [0.2, 0.25) is 0 Å². The maximum Gasteiger partial charge on any atom is 0.427 e. The van der Waals surface area contributed by atoms with Crippen LogP contribution in [0.1, 0.15) is 41.3 Å². The van der Waals surface area contributed by atoms with Crippen LogP contribution >= 0.6 is 0 Å². The maximum atomic E-state index is 12.4. The third-order valence-corrected chi connectivity index (χ3v) is 5.76. The van der Waals surface area contributed by atoms with Gasteiger partial charge in [0.2, 0.25) is 0 Å². The van der Waals surface area contributed by atoms with Gasteiger partial charge in [-0.05, 0) is 86.8 Å². The number of hydrogen-bond acceptors (Lipinski definition) is 8. The SMILES string of the molecule is CC(=Cc1ccc(C(=O)Oc2ccc(C(=N)N)cc2)cc1)C(=O)OC(=O)N(CC1CCNCC1)C(=O)O. The molecule has 2 amide bonds. The normalized spacial score (nSPS) is 13.9. The number of carbonyl (C=O) groups is 4. The van der Waals surface area contributed by atoms with Gasteiger partial charge in [0.1, 0.15) is 11.6 Å². The molecule has 1 saturated heterocycles. The van der Waals surface area contributed by atoms with Crippen molar-refractivity contribution >= 4 is 36.0 Å². The van der Waals surface area contributed by atoms with Crippen LogP contribution in [0.3, 0.4) is 0 Å². The topological polar surface area (TPSA) is 172 Å². The van der Waals surface area contributed by atoms with Gasteiger partial charge in [-0.2, -0.15) is 0 Å². The van der Waals surface area contributed by atoms with E-state index in [0.29, 0.717) is 16.0 Å². The molecule has 11 heteroatoms. The van der Waals surface area contributed by atoms with Crippen molar-refractivity contribution in [2.75, 3.05) is 19.6 Å². The molecular formula is C26H28N4O7. The zero-order chi connectivity index (χ0) is 26.9. The number of piperidine rings is 1. The molecule has 2 aromatic rings. The van der Waals surface area contributed by atoms with Crippen LogP contribution in [0.15, 0.2) is 54.1 Å². The summed E-state index contributed by atoms with van der Waals surface area (Å²) in [7, 11) is 0. The lowest BCUT2D eigenvalue weighted by Crippen LogP contribution is -2.43. The molecule has 0 aliphatic carbocycles. The highest BCUT2D eigenvalue weighted by atomic mass is 16.6. The van der Waals surface area contributed by atoms with E-state index in [1.54, 1.807) is 24.3 Å². The molecule has 3 rings (SSSR count). The first-order valence-corrected chi connectivity index (χ1v) is 11.6. The number of imide groups is 1. The van der Waals surface area contributed by atoms with Crippen molar-refractivity contribution in [3.63, 3.8) is 0 Å². The van der Waals surface area contributed by atoms with Crippen molar-refractivity contribution in [3.8, 4) is 5.75 Å². The fourth-order valence-corrected chi connectivity index (χ4v) is 3.66. The standard InChI is InChI=1S/C26H28N4O7/c1-16(23(31)37-26(35)30(25(33)34)15-18-10-12-29-13-11-18)14-17-2-4-20(5-3-17)24(32)36-21-8-6-19(7-9-21)22(27)28/h2-9,14,18,29H,10-13,15H2,1H3,(H3,27,28)(H,33,34). The second-order valence-corrected chi connectivity index (χ2v) is 8.52. The van der Waals surface area contributed by atoms with Crippen LogP contribution in [-0.2, 0) is 9.53 Å². The van der Waals surface area contributed by atoms with E-state index >= 15 is 0 Å². The number of ether oxygens (including phenoxy) is 2. The molecule has 5 N–H and O–H groups in total. The number of hydrogen-bond donors (Lipinski definition) is 4. The summed E-state index contributed by atoms with van der Waals surface area (Å²) < 4.78 is 10.1. The van der Waals surface area contributed by atoms with Gasteiger partial charge in [-0.15, -0.1) is 0 Å². The molecule has 0 unspecified atom stereocenters. The molecule has 1 heterocycles. The molecule has 1 aliphatic rings. The highest BCUT2D eigenvalue weighted by Gasteiger charge is 2.29. The van der Waals surface area contributed by atoms with Gasteiger partial charge >= 0.3 is 24.1 Å². The van der Waals surface area contributed by atoms with E-state index in [0.717, 1.165) is 25.9 Å². The Labute approximate surface area is 213 Å². The van der Waals surface area contributed by atoms with Crippen LogP contribution in [0.5, 0.6) is 5.75 Å². The molecule has 1 fully saturated rings. The summed E-state index contributed by atoms with van der Waals surface area (Å²) in [6.07, 6.45) is 0.177. The summed E-state index contributed by atoms with van der Waals surface area (Å²) in [6, 6.07) is 12.4. The highest BCUT2D eigenvalue weighted by molar-refractivity contribution is 6.01. The minimum Gasteiger partial charge on any atom is -0.465 e. The molecule has 0 bridgehead atoms. The molecule has 37 heavy (non-hydrogen) atoms. The average molecular weight is 509 g/mol. The number of benzene rings is 2. The summed E-state index contributed by atoms with van der Waals surface area (Å²) >= 11 is 0. The van der Waals surface area contributed by atoms with E-state index in [4.69, 9.17) is 20.6 Å². The fraction of sp³-hybridized carbons (Fsp3) is 0.269. The number of carbonyl (C=O) groups excluding carboxylic acids is 3. The van der Waals surface area contributed by atoms with Gasteiger partial charge in [0.05, 0.1) is 5.56 Å². The van der Waals surface area contributed by atoms with Crippen molar-refractivity contribution in [3.05, 3.63) is 70.8 Å². The van der Waals surface area contributed by atoms with E-state index in [1.807, 2.05) is 0 Å². The predicted molar refractivity (Wildman–Crippen MR) is 134 cm³/mol. The first-order valence-electron chi connectivity index (χ1n) is 11.6. The van der Waals surface area contributed by atoms with Gasteiger partial charge in [0.25, 0.3) is 0 Å². The Bertz CT molecular complexity index is 1200. The van der Waals surface area contributed by atoms with E-state index in [1.165, 1.54) is 37.3 Å². The van der Waals surface area contributed by atoms with Crippen molar-refractivity contribution < 1.29 is 33.8 Å². The minimum atomic E-state index is -1.48. The number of nitrogen functional groups attached to an aromatic ring is 1. The van der Waals surface area contributed by atoms with Crippen LogP contribution < -0.4 is 15.8 Å². The number of amidine groups is 1. The lowest BCUT2D eigenvalue weighted by Gasteiger charge is -2.26.